The lowest BCUT2D eigenvalue weighted by Crippen LogP contribution is -2.01. The first-order valence-corrected chi connectivity index (χ1v) is 7.53. The van der Waals surface area contributed by atoms with Crippen LogP contribution in [0.25, 0.3) is 10.9 Å². The molecule has 0 radical (unpaired) electrons. The molecule has 5 heteroatoms. The van der Waals surface area contributed by atoms with Crippen molar-refractivity contribution >= 4 is 39.8 Å². The Morgan fingerprint density at radius 3 is 2.68 bits per heavy atom. The molecule has 0 saturated heterocycles. The Balaban J connectivity index is 1.86. The molecule has 0 aliphatic heterocycles. The number of aryl methyl sites for hydroxylation is 1. The molecule has 0 spiro atoms. The lowest BCUT2D eigenvalue weighted by molar-refractivity contribution is 0.628. The summed E-state index contributed by atoms with van der Waals surface area (Å²) in [7, 11) is 0. The van der Waals surface area contributed by atoms with Gasteiger partial charge in [0, 0.05) is 23.2 Å². The van der Waals surface area contributed by atoms with Gasteiger partial charge in [0.15, 0.2) is 0 Å². The number of nitrogens with one attached hydrogen (secondary N) is 1. The molecule has 1 N–H and O–H groups in total. The first-order chi connectivity index (χ1) is 10.5. The van der Waals surface area contributed by atoms with Gasteiger partial charge in [-0.05, 0) is 43.3 Å². The second-order valence-corrected chi connectivity index (χ2v) is 5.88. The minimum Gasteiger partial charge on any atom is -0.381 e. The molecule has 0 amide bonds. The van der Waals surface area contributed by atoms with Crippen molar-refractivity contribution in [2.24, 2.45) is 0 Å². The monoisotopic (exact) mass is 334 g/mol. The van der Waals surface area contributed by atoms with Gasteiger partial charge in [0.05, 0.1) is 10.5 Å². The standard InChI is InChI=1S/C17H13Cl2FN2/c1-10-2-5-16-11(6-10)7-12(17(19)22-16)9-21-13-3-4-15(20)14(18)8-13/h2-8,21H,9H2,1H3. The highest BCUT2D eigenvalue weighted by Gasteiger charge is 2.06. The third kappa shape index (κ3) is 3.16. The summed E-state index contributed by atoms with van der Waals surface area (Å²) in [4.78, 5) is 4.40. The maximum absolute atomic E-state index is 13.1. The molecule has 0 atom stereocenters. The van der Waals surface area contributed by atoms with Crippen molar-refractivity contribution < 1.29 is 4.39 Å². The number of anilines is 1. The van der Waals surface area contributed by atoms with Crippen molar-refractivity contribution in [1.82, 2.24) is 4.98 Å². The van der Waals surface area contributed by atoms with Crippen LogP contribution < -0.4 is 5.32 Å². The molecule has 0 bridgehead atoms. The van der Waals surface area contributed by atoms with Gasteiger partial charge in [-0.2, -0.15) is 0 Å². The Bertz CT molecular complexity index is 849. The molecular formula is C17H13Cl2FN2. The van der Waals surface area contributed by atoms with E-state index in [9.17, 15) is 4.39 Å². The number of benzene rings is 2. The quantitative estimate of drug-likeness (QED) is 0.630. The molecule has 0 aliphatic carbocycles. The molecule has 3 aromatic rings. The van der Waals surface area contributed by atoms with E-state index in [1.54, 1.807) is 12.1 Å². The predicted octanol–water partition coefficient (Wildman–Crippen LogP) is 5.60. The zero-order valence-corrected chi connectivity index (χ0v) is 13.3. The highest BCUT2D eigenvalue weighted by atomic mass is 35.5. The lowest BCUT2D eigenvalue weighted by atomic mass is 10.1. The molecule has 112 valence electrons. The van der Waals surface area contributed by atoms with Gasteiger partial charge >= 0.3 is 0 Å². The molecule has 1 heterocycles. The molecule has 22 heavy (non-hydrogen) atoms. The zero-order chi connectivity index (χ0) is 15.7. The van der Waals surface area contributed by atoms with Crippen molar-refractivity contribution in [3.63, 3.8) is 0 Å². The molecule has 3 rings (SSSR count). The van der Waals surface area contributed by atoms with Crippen LogP contribution >= 0.6 is 23.2 Å². The maximum Gasteiger partial charge on any atom is 0.141 e. The Morgan fingerprint density at radius 1 is 1.09 bits per heavy atom. The number of hydrogen-bond donors (Lipinski definition) is 1. The molecule has 2 aromatic carbocycles. The van der Waals surface area contributed by atoms with E-state index in [1.807, 2.05) is 25.1 Å². The second-order valence-electron chi connectivity index (χ2n) is 5.12. The summed E-state index contributed by atoms with van der Waals surface area (Å²) in [5.41, 5.74) is 3.64. The minimum absolute atomic E-state index is 0.0864. The topological polar surface area (TPSA) is 24.9 Å². The second kappa shape index (κ2) is 6.11. The smallest absolute Gasteiger partial charge is 0.141 e. The van der Waals surface area contributed by atoms with Gasteiger partial charge in [-0.15, -0.1) is 0 Å². The largest absolute Gasteiger partial charge is 0.381 e. The van der Waals surface area contributed by atoms with E-state index in [0.717, 1.165) is 22.2 Å². The van der Waals surface area contributed by atoms with Crippen molar-refractivity contribution in [1.29, 1.82) is 0 Å². The summed E-state index contributed by atoms with van der Waals surface area (Å²) >= 11 is 12.0. The van der Waals surface area contributed by atoms with Crippen LogP contribution in [-0.2, 0) is 6.54 Å². The van der Waals surface area contributed by atoms with E-state index >= 15 is 0 Å². The van der Waals surface area contributed by atoms with E-state index in [-0.39, 0.29) is 5.02 Å². The van der Waals surface area contributed by atoms with Crippen LogP contribution in [-0.4, -0.2) is 4.98 Å². The van der Waals surface area contributed by atoms with E-state index in [2.05, 4.69) is 16.4 Å². The highest BCUT2D eigenvalue weighted by Crippen LogP contribution is 2.24. The fourth-order valence-corrected chi connectivity index (χ4v) is 2.64. The average Bonchev–Trinajstić information content (AvgIpc) is 2.49. The van der Waals surface area contributed by atoms with Crippen molar-refractivity contribution in [3.8, 4) is 0 Å². The van der Waals surface area contributed by atoms with Gasteiger partial charge < -0.3 is 5.32 Å². The fourth-order valence-electron chi connectivity index (χ4n) is 2.24. The fraction of sp³-hybridized carbons (Fsp3) is 0.118. The van der Waals surface area contributed by atoms with Crippen LogP contribution in [0.3, 0.4) is 0 Å². The number of halogens is 3. The van der Waals surface area contributed by atoms with Crippen LogP contribution in [0.5, 0.6) is 0 Å². The minimum atomic E-state index is -0.437. The molecule has 2 nitrogen and oxygen atoms in total. The van der Waals surface area contributed by atoms with Gasteiger partial charge in [0.25, 0.3) is 0 Å². The van der Waals surface area contributed by atoms with Gasteiger partial charge in [-0.1, -0.05) is 34.8 Å². The average molecular weight is 335 g/mol. The number of nitrogens with zero attached hydrogens (tertiary/aromatic N) is 1. The van der Waals surface area contributed by atoms with Crippen LogP contribution in [0.15, 0.2) is 42.5 Å². The zero-order valence-electron chi connectivity index (χ0n) is 11.8. The van der Waals surface area contributed by atoms with E-state index in [4.69, 9.17) is 23.2 Å². The summed E-state index contributed by atoms with van der Waals surface area (Å²) in [5.74, 6) is -0.437. The molecule has 0 saturated carbocycles. The van der Waals surface area contributed by atoms with Crippen LogP contribution in [0, 0.1) is 12.7 Å². The first-order valence-electron chi connectivity index (χ1n) is 6.77. The third-order valence-corrected chi connectivity index (χ3v) is 4.02. The van der Waals surface area contributed by atoms with Crippen molar-refractivity contribution in [2.75, 3.05) is 5.32 Å². The Kier molecular flexibility index (Phi) is 4.19. The van der Waals surface area contributed by atoms with Crippen molar-refractivity contribution in [2.45, 2.75) is 13.5 Å². The molecule has 0 fully saturated rings. The Morgan fingerprint density at radius 2 is 1.91 bits per heavy atom. The molecule has 1 aromatic heterocycles. The molecule has 0 aliphatic rings. The number of aromatic nitrogens is 1. The maximum atomic E-state index is 13.1. The third-order valence-electron chi connectivity index (χ3n) is 3.40. The highest BCUT2D eigenvalue weighted by molar-refractivity contribution is 6.31. The molecular weight excluding hydrogens is 322 g/mol. The van der Waals surface area contributed by atoms with Gasteiger partial charge in [-0.25, -0.2) is 9.37 Å². The van der Waals surface area contributed by atoms with Crippen molar-refractivity contribution in [3.05, 3.63) is 69.6 Å². The van der Waals surface area contributed by atoms with Crippen LogP contribution in [0.1, 0.15) is 11.1 Å². The summed E-state index contributed by atoms with van der Waals surface area (Å²) in [6, 6.07) is 12.5. The number of rotatable bonds is 3. The first kappa shape index (κ1) is 15.1. The summed E-state index contributed by atoms with van der Waals surface area (Å²) in [6.45, 7) is 2.52. The normalized spacial score (nSPS) is 10.9. The van der Waals surface area contributed by atoms with Gasteiger partial charge in [-0.3, -0.25) is 0 Å². The molecule has 0 unspecified atom stereocenters. The predicted molar refractivity (Wildman–Crippen MR) is 90.2 cm³/mol. The SMILES string of the molecule is Cc1ccc2nc(Cl)c(CNc3ccc(F)c(Cl)c3)cc2c1. The van der Waals surface area contributed by atoms with Gasteiger partial charge in [0.1, 0.15) is 11.0 Å². The van der Waals surface area contributed by atoms with Gasteiger partial charge in [0.2, 0.25) is 0 Å². The van der Waals surface area contributed by atoms with E-state index < -0.39 is 5.82 Å². The van der Waals surface area contributed by atoms with Crippen LogP contribution in [0.2, 0.25) is 10.2 Å². The number of pyridine rings is 1. The lowest BCUT2D eigenvalue weighted by Gasteiger charge is -2.10. The van der Waals surface area contributed by atoms with Crippen LogP contribution in [0.4, 0.5) is 10.1 Å². The Labute approximate surface area is 137 Å². The van der Waals surface area contributed by atoms with E-state index in [0.29, 0.717) is 11.7 Å². The van der Waals surface area contributed by atoms with E-state index in [1.165, 1.54) is 11.6 Å². The summed E-state index contributed by atoms with van der Waals surface area (Å²) < 4.78 is 13.1. The number of fused-ring (bicyclic) bond motifs is 1. The number of hydrogen-bond acceptors (Lipinski definition) is 2. The Hall–Kier alpha value is -1.84. The summed E-state index contributed by atoms with van der Waals surface area (Å²) in [5, 5.41) is 4.76. The summed E-state index contributed by atoms with van der Waals surface area (Å²) in [6.07, 6.45) is 0.